The topological polar surface area (TPSA) is 12.0 Å². The van der Waals surface area contributed by atoms with E-state index in [2.05, 4.69) is 12.2 Å². The Hall–Kier alpha value is 0.600. The molecule has 1 rings (SSSR count). The van der Waals surface area contributed by atoms with Gasteiger partial charge in [0.15, 0.2) is 0 Å². The highest BCUT2D eigenvalue weighted by molar-refractivity contribution is 7.99. The third-order valence-corrected chi connectivity index (χ3v) is 4.63. The van der Waals surface area contributed by atoms with Crippen molar-refractivity contribution in [3.05, 3.63) is 0 Å². The van der Waals surface area contributed by atoms with Crippen LogP contribution >= 0.6 is 23.4 Å². The lowest BCUT2D eigenvalue weighted by Crippen LogP contribution is -2.31. The third-order valence-electron chi connectivity index (χ3n) is 3.07. The smallest absolute Gasteiger partial charge is 0.0376 e. The van der Waals surface area contributed by atoms with Crippen molar-refractivity contribution in [3.63, 3.8) is 0 Å². The monoisotopic (exact) mass is 249 g/mol. The van der Waals surface area contributed by atoms with Gasteiger partial charge in [-0.05, 0) is 49.8 Å². The van der Waals surface area contributed by atoms with Gasteiger partial charge in [-0.1, -0.05) is 19.8 Å². The number of hydrogen-bond donors (Lipinski definition) is 1. The lowest BCUT2D eigenvalue weighted by Gasteiger charge is -2.27. The van der Waals surface area contributed by atoms with Crippen LogP contribution < -0.4 is 5.32 Å². The maximum atomic E-state index is 6.30. The molecule has 1 saturated carbocycles. The molecule has 0 radical (unpaired) electrons. The second-order valence-electron chi connectivity index (χ2n) is 4.32. The minimum Gasteiger partial charge on any atom is -0.316 e. The molecule has 0 amide bonds. The van der Waals surface area contributed by atoms with Crippen molar-refractivity contribution in [1.29, 1.82) is 0 Å². The fourth-order valence-corrected chi connectivity index (χ4v) is 3.13. The summed E-state index contributed by atoms with van der Waals surface area (Å²) in [6.07, 6.45) is 6.54. The molecule has 1 N–H and O–H groups in total. The van der Waals surface area contributed by atoms with E-state index in [1.54, 1.807) is 0 Å². The molecular weight excluding hydrogens is 226 g/mol. The predicted octanol–water partition coefficient (Wildman–Crippen LogP) is 3.52. The fourth-order valence-electron chi connectivity index (χ4n) is 2.12. The summed E-state index contributed by atoms with van der Waals surface area (Å²) in [4.78, 5) is 0. The highest BCUT2D eigenvalue weighted by Crippen LogP contribution is 2.27. The van der Waals surface area contributed by atoms with E-state index in [1.165, 1.54) is 43.6 Å². The molecule has 0 saturated heterocycles. The molecule has 90 valence electrons. The Balaban J connectivity index is 1.94. The van der Waals surface area contributed by atoms with Crippen LogP contribution in [0.15, 0.2) is 0 Å². The molecule has 15 heavy (non-hydrogen) atoms. The Morgan fingerprint density at radius 3 is 2.87 bits per heavy atom. The largest absolute Gasteiger partial charge is 0.316 e. The average Bonchev–Trinajstić information content (AvgIpc) is 2.25. The molecule has 1 aliphatic carbocycles. The summed E-state index contributed by atoms with van der Waals surface area (Å²) in [5.74, 6) is 3.25. The summed E-state index contributed by atoms with van der Waals surface area (Å²) in [7, 11) is 0. The zero-order valence-electron chi connectivity index (χ0n) is 9.80. The second-order valence-corrected chi connectivity index (χ2v) is 6.27. The first-order valence-electron chi connectivity index (χ1n) is 6.27. The number of nitrogens with one attached hydrogen (secondary N) is 1. The van der Waals surface area contributed by atoms with E-state index in [1.807, 2.05) is 11.8 Å². The van der Waals surface area contributed by atoms with Gasteiger partial charge in [0.2, 0.25) is 0 Å². The first kappa shape index (κ1) is 13.7. The van der Waals surface area contributed by atoms with Crippen LogP contribution in [-0.4, -0.2) is 30.0 Å². The van der Waals surface area contributed by atoms with Gasteiger partial charge < -0.3 is 5.32 Å². The lowest BCUT2D eigenvalue weighted by molar-refractivity contribution is 0.349. The van der Waals surface area contributed by atoms with Crippen molar-refractivity contribution in [2.45, 2.75) is 44.4 Å². The van der Waals surface area contributed by atoms with E-state index in [0.29, 0.717) is 5.38 Å². The Labute approximate surface area is 104 Å². The molecule has 0 aromatic rings. The van der Waals surface area contributed by atoms with Crippen LogP contribution in [0.3, 0.4) is 0 Å². The van der Waals surface area contributed by atoms with Crippen LogP contribution in [0.2, 0.25) is 0 Å². The molecule has 0 heterocycles. The van der Waals surface area contributed by atoms with Gasteiger partial charge in [0, 0.05) is 5.38 Å². The highest BCUT2D eigenvalue weighted by atomic mass is 35.5. The molecule has 2 unspecified atom stereocenters. The highest BCUT2D eigenvalue weighted by Gasteiger charge is 2.22. The van der Waals surface area contributed by atoms with Gasteiger partial charge >= 0.3 is 0 Å². The number of halogens is 1. The molecule has 0 aromatic carbocycles. The molecule has 0 spiro atoms. The van der Waals surface area contributed by atoms with E-state index in [9.17, 15) is 0 Å². The van der Waals surface area contributed by atoms with Gasteiger partial charge in [-0.2, -0.15) is 11.8 Å². The average molecular weight is 250 g/mol. The summed E-state index contributed by atoms with van der Waals surface area (Å²) < 4.78 is 0. The van der Waals surface area contributed by atoms with Crippen LogP contribution in [0.4, 0.5) is 0 Å². The summed E-state index contributed by atoms with van der Waals surface area (Å²) in [5, 5.41) is 3.97. The van der Waals surface area contributed by atoms with Crippen molar-refractivity contribution < 1.29 is 0 Å². The molecule has 0 aliphatic heterocycles. The van der Waals surface area contributed by atoms with Crippen LogP contribution in [0, 0.1) is 5.92 Å². The normalized spacial score (nSPS) is 26.8. The molecule has 1 fully saturated rings. The zero-order chi connectivity index (χ0) is 10.9. The van der Waals surface area contributed by atoms with E-state index < -0.39 is 0 Å². The van der Waals surface area contributed by atoms with Gasteiger partial charge in [0.05, 0.1) is 0 Å². The number of hydrogen-bond acceptors (Lipinski definition) is 2. The van der Waals surface area contributed by atoms with E-state index >= 15 is 0 Å². The first-order chi connectivity index (χ1) is 7.34. The number of rotatable bonds is 7. The van der Waals surface area contributed by atoms with E-state index in [-0.39, 0.29) is 0 Å². The minimum atomic E-state index is 0.427. The van der Waals surface area contributed by atoms with Crippen LogP contribution in [0.25, 0.3) is 0 Å². The zero-order valence-corrected chi connectivity index (χ0v) is 11.4. The number of thioether (sulfide) groups is 1. The lowest BCUT2D eigenvalue weighted by atomic mass is 9.89. The molecule has 0 aromatic heterocycles. The Bertz CT molecular complexity index is 155. The van der Waals surface area contributed by atoms with Crippen molar-refractivity contribution in [2.75, 3.05) is 24.6 Å². The van der Waals surface area contributed by atoms with Gasteiger partial charge in [-0.15, -0.1) is 11.6 Å². The van der Waals surface area contributed by atoms with Gasteiger partial charge in [0.25, 0.3) is 0 Å². The maximum Gasteiger partial charge on any atom is 0.0376 e. The summed E-state index contributed by atoms with van der Waals surface area (Å²) in [6.45, 7) is 4.51. The molecule has 0 bridgehead atoms. The predicted molar refractivity (Wildman–Crippen MR) is 72.1 cm³/mol. The Morgan fingerprint density at radius 2 is 2.13 bits per heavy atom. The maximum absolute atomic E-state index is 6.30. The molecular formula is C12H24ClNS. The van der Waals surface area contributed by atoms with Gasteiger partial charge in [-0.3, -0.25) is 0 Å². The number of alkyl halides is 1. The minimum absolute atomic E-state index is 0.427. The Kier molecular flexibility index (Phi) is 7.94. The third kappa shape index (κ3) is 6.03. The Morgan fingerprint density at radius 1 is 1.33 bits per heavy atom. The molecule has 1 aliphatic rings. The summed E-state index contributed by atoms with van der Waals surface area (Å²) >= 11 is 8.33. The molecule has 1 nitrogen and oxygen atoms in total. The second kappa shape index (κ2) is 8.72. The van der Waals surface area contributed by atoms with Crippen molar-refractivity contribution in [3.8, 4) is 0 Å². The summed E-state index contributed by atoms with van der Waals surface area (Å²) in [6, 6.07) is 0. The van der Waals surface area contributed by atoms with Crippen molar-refractivity contribution in [2.24, 2.45) is 5.92 Å². The summed E-state index contributed by atoms with van der Waals surface area (Å²) in [5.41, 5.74) is 0. The van der Waals surface area contributed by atoms with Crippen molar-refractivity contribution in [1.82, 2.24) is 5.32 Å². The van der Waals surface area contributed by atoms with E-state index in [0.717, 1.165) is 19.0 Å². The fraction of sp³-hybridized carbons (Fsp3) is 1.00. The van der Waals surface area contributed by atoms with Crippen molar-refractivity contribution >= 4 is 23.4 Å². The standard InChI is InChI=1S/C12H24ClNS/c1-2-15-9-5-8-14-10-11-6-3-4-7-12(11)13/h11-12,14H,2-10H2,1H3. The van der Waals surface area contributed by atoms with Gasteiger partial charge in [0.1, 0.15) is 0 Å². The molecule has 2 atom stereocenters. The van der Waals surface area contributed by atoms with Gasteiger partial charge in [-0.25, -0.2) is 0 Å². The molecule has 3 heteroatoms. The van der Waals surface area contributed by atoms with Crippen LogP contribution in [0.1, 0.15) is 39.0 Å². The first-order valence-corrected chi connectivity index (χ1v) is 7.86. The van der Waals surface area contributed by atoms with Crippen LogP contribution in [0.5, 0.6) is 0 Å². The van der Waals surface area contributed by atoms with Crippen LogP contribution in [-0.2, 0) is 0 Å². The quantitative estimate of drug-likeness (QED) is 0.547. The van der Waals surface area contributed by atoms with E-state index in [4.69, 9.17) is 11.6 Å². The SMILES string of the molecule is CCSCCCNCC1CCCCC1Cl.